The molecule has 0 radical (unpaired) electrons. The molecule has 0 aromatic rings. The van der Waals surface area contributed by atoms with Crippen molar-refractivity contribution in [2.75, 3.05) is 0 Å². The molecule has 0 aromatic heterocycles. The highest BCUT2D eigenvalue weighted by atomic mass is 19.1. The third kappa shape index (κ3) is 1.73. The van der Waals surface area contributed by atoms with Crippen LogP contribution in [0.1, 0.15) is 58.8 Å². The molecule has 8 atom stereocenters. The van der Waals surface area contributed by atoms with Crippen LogP contribution in [0.4, 0.5) is 4.39 Å². The standard InChI is InChI=1S/C19H29FO2/c1-18-8-4-3-5-11(18)6-7-12-13(18)10-16(21)19(2)14(12)9-15(20)17(19)22/h6,12-17,21-22H,3-5,7-10H2,1-2H3/t12-,13+,14+,15+,16+,17+,18+,19-/m1/s1. The summed E-state index contributed by atoms with van der Waals surface area (Å²) in [4.78, 5) is 0. The lowest BCUT2D eigenvalue weighted by molar-refractivity contribution is -0.148. The summed E-state index contributed by atoms with van der Waals surface area (Å²) in [5, 5.41) is 21.2. The van der Waals surface area contributed by atoms with Crippen LogP contribution in [0.2, 0.25) is 0 Å². The van der Waals surface area contributed by atoms with E-state index in [1.807, 2.05) is 6.92 Å². The van der Waals surface area contributed by atoms with E-state index in [4.69, 9.17) is 0 Å². The van der Waals surface area contributed by atoms with Crippen LogP contribution in [0, 0.1) is 28.6 Å². The molecule has 0 bridgehead atoms. The van der Waals surface area contributed by atoms with Gasteiger partial charge in [-0.1, -0.05) is 31.9 Å². The van der Waals surface area contributed by atoms with E-state index >= 15 is 0 Å². The van der Waals surface area contributed by atoms with Gasteiger partial charge in [0, 0.05) is 5.41 Å². The summed E-state index contributed by atoms with van der Waals surface area (Å²) in [6.45, 7) is 4.30. The summed E-state index contributed by atoms with van der Waals surface area (Å²) >= 11 is 0. The first-order chi connectivity index (χ1) is 10.4. The van der Waals surface area contributed by atoms with Gasteiger partial charge >= 0.3 is 0 Å². The molecule has 4 rings (SSSR count). The summed E-state index contributed by atoms with van der Waals surface area (Å²) in [7, 11) is 0. The Balaban J connectivity index is 1.74. The molecule has 0 amide bonds. The molecular weight excluding hydrogens is 279 g/mol. The van der Waals surface area contributed by atoms with Gasteiger partial charge in [-0.2, -0.15) is 0 Å². The van der Waals surface area contributed by atoms with Gasteiger partial charge < -0.3 is 10.2 Å². The minimum absolute atomic E-state index is 0.114. The Kier molecular flexibility index (Phi) is 3.30. The fourth-order valence-electron chi connectivity index (χ4n) is 6.62. The molecule has 0 aromatic carbocycles. The van der Waals surface area contributed by atoms with Gasteiger partial charge in [-0.05, 0) is 61.7 Å². The number of hydrogen-bond donors (Lipinski definition) is 2. The maximum atomic E-state index is 14.2. The van der Waals surface area contributed by atoms with Crippen molar-refractivity contribution in [2.45, 2.75) is 77.2 Å². The Labute approximate surface area is 132 Å². The fourth-order valence-corrected chi connectivity index (χ4v) is 6.62. The normalized spacial score (nSPS) is 57.6. The van der Waals surface area contributed by atoms with Crippen molar-refractivity contribution in [2.24, 2.45) is 28.6 Å². The Morgan fingerprint density at radius 3 is 2.68 bits per heavy atom. The number of alkyl halides is 1. The van der Waals surface area contributed by atoms with Crippen molar-refractivity contribution in [3.05, 3.63) is 11.6 Å². The second kappa shape index (κ2) is 4.80. The van der Waals surface area contributed by atoms with Gasteiger partial charge in [0.15, 0.2) is 0 Å². The summed E-state index contributed by atoms with van der Waals surface area (Å²) in [6, 6.07) is 0. The number of allylic oxidation sites excluding steroid dienone is 2. The van der Waals surface area contributed by atoms with Crippen molar-refractivity contribution >= 4 is 0 Å². The predicted molar refractivity (Wildman–Crippen MR) is 84.0 cm³/mol. The largest absolute Gasteiger partial charge is 0.392 e. The van der Waals surface area contributed by atoms with Gasteiger partial charge in [0.25, 0.3) is 0 Å². The summed E-state index contributed by atoms with van der Waals surface area (Å²) in [6.07, 6.45) is 6.81. The molecular formula is C19H29FO2. The Morgan fingerprint density at radius 1 is 1.14 bits per heavy atom. The summed E-state index contributed by atoms with van der Waals surface area (Å²) in [5.41, 5.74) is 1.13. The van der Waals surface area contributed by atoms with E-state index in [9.17, 15) is 14.6 Å². The van der Waals surface area contributed by atoms with Crippen LogP contribution in [-0.2, 0) is 0 Å². The highest BCUT2D eigenvalue weighted by Gasteiger charge is 2.64. The second-order valence-electron chi connectivity index (χ2n) is 8.78. The van der Waals surface area contributed by atoms with Crippen molar-refractivity contribution in [1.29, 1.82) is 0 Å². The molecule has 22 heavy (non-hydrogen) atoms. The maximum Gasteiger partial charge on any atom is 0.127 e. The molecule has 2 nitrogen and oxygen atoms in total. The van der Waals surface area contributed by atoms with Crippen LogP contribution in [0.25, 0.3) is 0 Å². The molecule has 2 N–H and O–H groups in total. The number of hydrogen-bond acceptors (Lipinski definition) is 2. The van der Waals surface area contributed by atoms with E-state index in [1.54, 1.807) is 5.57 Å². The van der Waals surface area contributed by atoms with E-state index in [2.05, 4.69) is 13.0 Å². The SMILES string of the molecule is C[C@]12[C@@H](O)C[C@H]3[C@@H](CC=C4CCCC[C@@]43C)[C@@H]1C[C@H](F)[C@@H]2O. The van der Waals surface area contributed by atoms with Crippen LogP contribution >= 0.6 is 0 Å². The van der Waals surface area contributed by atoms with Gasteiger partial charge in [-0.3, -0.25) is 0 Å². The fraction of sp³-hybridized carbons (Fsp3) is 0.895. The van der Waals surface area contributed by atoms with Crippen LogP contribution in [-0.4, -0.2) is 28.6 Å². The minimum Gasteiger partial charge on any atom is -0.392 e. The molecule has 0 heterocycles. The predicted octanol–water partition coefficient (Wildman–Crippen LogP) is 3.62. The van der Waals surface area contributed by atoms with Crippen molar-refractivity contribution in [3.8, 4) is 0 Å². The Bertz CT molecular complexity index is 504. The zero-order valence-corrected chi connectivity index (χ0v) is 13.8. The van der Waals surface area contributed by atoms with Gasteiger partial charge in [0.05, 0.1) is 12.2 Å². The average molecular weight is 308 g/mol. The molecule has 0 saturated heterocycles. The van der Waals surface area contributed by atoms with Gasteiger partial charge in [-0.15, -0.1) is 0 Å². The van der Waals surface area contributed by atoms with Gasteiger partial charge in [0.1, 0.15) is 6.17 Å². The first-order valence-corrected chi connectivity index (χ1v) is 9.08. The molecule has 0 unspecified atom stereocenters. The molecule has 3 fully saturated rings. The Hall–Kier alpha value is -0.410. The smallest absolute Gasteiger partial charge is 0.127 e. The lowest BCUT2D eigenvalue weighted by Gasteiger charge is -2.58. The number of aliphatic hydroxyl groups excluding tert-OH is 2. The molecule has 3 heteroatoms. The summed E-state index contributed by atoms with van der Waals surface area (Å²) in [5.74, 6) is 0.997. The number of rotatable bonds is 0. The number of aliphatic hydroxyl groups is 2. The molecule has 4 aliphatic carbocycles. The monoisotopic (exact) mass is 308 g/mol. The van der Waals surface area contributed by atoms with E-state index in [1.165, 1.54) is 25.7 Å². The Morgan fingerprint density at radius 2 is 1.91 bits per heavy atom. The third-order valence-electron chi connectivity index (χ3n) is 8.07. The van der Waals surface area contributed by atoms with Crippen molar-refractivity contribution < 1.29 is 14.6 Å². The van der Waals surface area contributed by atoms with Gasteiger partial charge in [-0.25, -0.2) is 4.39 Å². The average Bonchev–Trinajstić information content (AvgIpc) is 2.73. The van der Waals surface area contributed by atoms with Crippen molar-refractivity contribution in [3.63, 3.8) is 0 Å². The number of halogens is 1. The zero-order valence-electron chi connectivity index (χ0n) is 13.8. The molecule has 0 aliphatic heterocycles. The van der Waals surface area contributed by atoms with Gasteiger partial charge in [0.2, 0.25) is 0 Å². The maximum absolute atomic E-state index is 14.2. The number of fused-ring (bicyclic) bond motifs is 5. The first-order valence-electron chi connectivity index (χ1n) is 9.08. The van der Waals surface area contributed by atoms with Crippen LogP contribution in [0.3, 0.4) is 0 Å². The van der Waals surface area contributed by atoms with Crippen LogP contribution in [0.15, 0.2) is 11.6 Å². The molecule has 0 spiro atoms. The van der Waals surface area contributed by atoms with E-state index < -0.39 is 23.8 Å². The lowest BCUT2D eigenvalue weighted by atomic mass is 9.47. The first kappa shape index (κ1) is 15.1. The third-order valence-corrected chi connectivity index (χ3v) is 8.07. The van der Waals surface area contributed by atoms with Crippen molar-refractivity contribution in [1.82, 2.24) is 0 Å². The quantitative estimate of drug-likeness (QED) is 0.671. The zero-order chi connectivity index (χ0) is 15.7. The highest BCUT2D eigenvalue weighted by molar-refractivity contribution is 5.25. The van der Waals surface area contributed by atoms with E-state index in [0.29, 0.717) is 18.3 Å². The molecule has 4 aliphatic rings. The second-order valence-corrected chi connectivity index (χ2v) is 8.78. The lowest BCUT2D eigenvalue weighted by Crippen LogP contribution is -2.57. The van der Waals surface area contributed by atoms with Crippen LogP contribution in [0.5, 0.6) is 0 Å². The minimum atomic E-state index is -1.17. The highest BCUT2D eigenvalue weighted by Crippen LogP contribution is 2.65. The molecule has 124 valence electrons. The van der Waals surface area contributed by atoms with E-state index in [0.717, 1.165) is 12.8 Å². The van der Waals surface area contributed by atoms with Crippen LogP contribution < -0.4 is 0 Å². The molecule has 3 saturated carbocycles. The topological polar surface area (TPSA) is 40.5 Å². The van der Waals surface area contributed by atoms with E-state index in [-0.39, 0.29) is 11.3 Å². The summed E-state index contributed by atoms with van der Waals surface area (Å²) < 4.78 is 14.2.